The fraction of sp³-hybridized carbons (Fsp3) is 0.167. The van der Waals surface area contributed by atoms with Crippen LogP contribution in [-0.2, 0) is 9.53 Å². The molecule has 2 atom stereocenters. The molecule has 0 aliphatic carbocycles. The maximum absolute atomic E-state index is 12.6. The van der Waals surface area contributed by atoms with Crippen LogP contribution in [0.15, 0.2) is 78.9 Å². The molecule has 0 bridgehead atoms. The lowest BCUT2D eigenvalue weighted by Gasteiger charge is -2.31. The summed E-state index contributed by atoms with van der Waals surface area (Å²) in [6.45, 7) is -0.257. The first-order valence-electron chi connectivity index (χ1n) is 9.72. The Bertz CT molecular complexity index is 1020. The van der Waals surface area contributed by atoms with Crippen molar-refractivity contribution in [1.82, 2.24) is 5.32 Å². The summed E-state index contributed by atoms with van der Waals surface area (Å²) in [7, 11) is 0. The molecule has 3 N–H and O–H groups in total. The number of rotatable bonds is 5. The third-order valence-electron chi connectivity index (χ3n) is 5.05. The van der Waals surface area contributed by atoms with Crippen molar-refractivity contribution in [1.29, 1.82) is 0 Å². The molecule has 0 aromatic heterocycles. The van der Waals surface area contributed by atoms with Gasteiger partial charge in [0.05, 0.1) is 12.6 Å². The van der Waals surface area contributed by atoms with Crippen LogP contribution in [0.25, 0.3) is 11.1 Å². The standard InChI is InChI=1S/C24H22N2O4/c27-14-21-23(30-15-22(28)26-21)18-10-12-20(13-11-18)25-24(29)19-8-6-17(7-9-19)16-4-2-1-3-5-16/h1-13,21,23,27H,14-15H2,(H,25,29)(H,26,28)/t21-,23-/m1/s1. The van der Waals surface area contributed by atoms with Gasteiger partial charge in [0, 0.05) is 11.3 Å². The number of carbonyl (C=O) groups excluding carboxylic acids is 2. The molecule has 3 aromatic carbocycles. The molecule has 6 nitrogen and oxygen atoms in total. The minimum Gasteiger partial charge on any atom is -0.394 e. The second-order valence-corrected chi connectivity index (χ2v) is 7.11. The zero-order valence-corrected chi connectivity index (χ0v) is 16.2. The number of aliphatic hydroxyl groups is 1. The molecule has 0 radical (unpaired) electrons. The Hall–Kier alpha value is -3.48. The first-order valence-corrected chi connectivity index (χ1v) is 9.72. The van der Waals surface area contributed by atoms with Crippen molar-refractivity contribution in [3.8, 4) is 11.1 Å². The zero-order valence-electron chi connectivity index (χ0n) is 16.2. The maximum Gasteiger partial charge on any atom is 0.255 e. The van der Waals surface area contributed by atoms with E-state index in [0.29, 0.717) is 11.3 Å². The van der Waals surface area contributed by atoms with Crippen LogP contribution in [0, 0.1) is 0 Å². The highest BCUT2D eigenvalue weighted by atomic mass is 16.5. The molecule has 4 rings (SSSR count). The first-order chi connectivity index (χ1) is 14.6. The average molecular weight is 402 g/mol. The molecule has 6 heteroatoms. The van der Waals surface area contributed by atoms with Crippen LogP contribution < -0.4 is 10.6 Å². The van der Waals surface area contributed by atoms with E-state index < -0.39 is 12.1 Å². The van der Waals surface area contributed by atoms with Gasteiger partial charge >= 0.3 is 0 Å². The normalized spacial score (nSPS) is 18.5. The Kier molecular flexibility index (Phi) is 5.88. The van der Waals surface area contributed by atoms with Crippen LogP contribution in [0.1, 0.15) is 22.0 Å². The van der Waals surface area contributed by atoms with Crippen LogP contribution in [0.3, 0.4) is 0 Å². The summed E-state index contributed by atoms with van der Waals surface area (Å²) in [4.78, 5) is 24.0. The number of hydrogen-bond donors (Lipinski definition) is 3. The van der Waals surface area contributed by atoms with Gasteiger partial charge in [0.2, 0.25) is 5.91 Å². The Morgan fingerprint density at radius 2 is 1.63 bits per heavy atom. The van der Waals surface area contributed by atoms with E-state index in [1.165, 1.54) is 0 Å². The molecular weight excluding hydrogens is 380 g/mol. The third kappa shape index (κ3) is 4.40. The van der Waals surface area contributed by atoms with Crippen LogP contribution in [-0.4, -0.2) is 36.2 Å². The van der Waals surface area contributed by atoms with Gasteiger partial charge in [0.15, 0.2) is 0 Å². The minimum atomic E-state index is -0.491. The number of ether oxygens (including phenoxy) is 1. The number of morpholine rings is 1. The number of benzene rings is 3. The average Bonchev–Trinajstić information content (AvgIpc) is 2.80. The van der Waals surface area contributed by atoms with Crippen LogP contribution in [0.5, 0.6) is 0 Å². The van der Waals surface area contributed by atoms with E-state index in [-0.39, 0.29) is 25.0 Å². The Morgan fingerprint density at radius 3 is 2.30 bits per heavy atom. The topological polar surface area (TPSA) is 87.7 Å². The second-order valence-electron chi connectivity index (χ2n) is 7.11. The van der Waals surface area contributed by atoms with Crippen molar-refractivity contribution in [2.24, 2.45) is 0 Å². The largest absolute Gasteiger partial charge is 0.394 e. The number of carbonyl (C=O) groups is 2. The molecule has 1 aliphatic heterocycles. The van der Waals surface area contributed by atoms with Crippen molar-refractivity contribution >= 4 is 17.5 Å². The molecule has 3 aromatic rings. The van der Waals surface area contributed by atoms with Crippen LogP contribution in [0.4, 0.5) is 5.69 Å². The predicted molar refractivity (Wildman–Crippen MR) is 114 cm³/mol. The molecule has 0 saturated carbocycles. The second kappa shape index (κ2) is 8.90. The number of amides is 2. The molecule has 152 valence electrons. The van der Waals surface area contributed by atoms with Gasteiger partial charge in [-0.3, -0.25) is 9.59 Å². The third-order valence-corrected chi connectivity index (χ3v) is 5.05. The fourth-order valence-electron chi connectivity index (χ4n) is 3.48. The Labute approximate surface area is 174 Å². The monoisotopic (exact) mass is 402 g/mol. The van der Waals surface area contributed by atoms with E-state index in [9.17, 15) is 14.7 Å². The molecule has 1 saturated heterocycles. The zero-order chi connectivity index (χ0) is 20.9. The van der Waals surface area contributed by atoms with E-state index in [4.69, 9.17) is 4.74 Å². The van der Waals surface area contributed by atoms with Gasteiger partial charge in [-0.05, 0) is 41.0 Å². The van der Waals surface area contributed by atoms with Crippen molar-refractivity contribution < 1.29 is 19.4 Å². The van der Waals surface area contributed by atoms with Gasteiger partial charge < -0.3 is 20.5 Å². The van der Waals surface area contributed by atoms with Gasteiger partial charge in [0.1, 0.15) is 12.7 Å². The summed E-state index contributed by atoms with van der Waals surface area (Å²) >= 11 is 0. The summed E-state index contributed by atoms with van der Waals surface area (Å²) in [6, 6.07) is 24.1. The van der Waals surface area contributed by atoms with E-state index in [1.807, 2.05) is 54.6 Å². The van der Waals surface area contributed by atoms with Crippen molar-refractivity contribution in [2.45, 2.75) is 12.1 Å². The summed E-state index contributed by atoms with van der Waals surface area (Å²) in [6.07, 6.45) is -0.428. The highest BCUT2D eigenvalue weighted by molar-refractivity contribution is 6.04. The van der Waals surface area contributed by atoms with Gasteiger partial charge in [0.25, 0.3) is 5.91 Å². The molecule has 1 fully saturated rings. The summed E-state index contributed by atoms with van der Waals surface area (Å²) in [5.74, 6) is -0.441. The molecule has 2 amide bonds. The lowest BCUT2D eigenvalue weighted by Crippen LogP contribution is -2.49. The summed E-state index contributed by atoms with van der Waals surface area (Å²) in [5.41, 5.74) is 4.19. The van der Waals surface area contributed by atoms with Gasteiger partial charge in [-0.15, -0.1) is 0 Å². The number of aliphatic hydroxyl groups excluding tert-OH is 1. The van der Waals surface area contributed by atoms with Crippen LogP contribution >= 0.6 is 0 Å². The lowest BCUT2D eigenvalue weighted by atomic mass is 10.0. The number of nitrogens with one attached hydrogen (secondary N) is 2. The summed E-state index contributed by atoms with van der Waals surface area (Å²) < 4.78 is 5.56. The maximum atomic E-state index is 12.6. The molecule has 30 heavy (non-hydrogen) atoms. The molecule has 1 heterocycles. The number of hydrogen-bond acceptors (Lipinski definition) is 4. The SMILES string of the molecule is O=C1CO[C@H](c2ccc(NC(=O)c3ccc(-c4ccccc4)cc3)cc2)[C@@H](CO)N1. The lowest BCUT2D eigenvalue weighted by molar-refractivity contribution is -0.138. The van der Waals surface area contributed by atoms with Crippen molar-refractivity contribution in [2.75, 3.05) is 18.5 Å². The molecular formula is C24H22N2O4. The van der Waals surface area contributed by atoms with Crippen molar-refractivity contribution in [3.63, 3.8) is 0 Å². The van der Waals surface area contributed by atoms with Gasteiger partial charge in [-0.25, -0.2) is 0 Å². The fourth-order valence-corrected chi connectivity index (χ4v) is 3.48. The molecule has 0 spiro atoms. The minimum absolute atomic E-state index is 0.0430. The van der Waals surface area contributed by atoms with E-state index in [0.717, 1.165) is 16.7 Å². The quantitative estimate of drug-likeness (QED) is 0.612. The first kappa shape index (κ1) is 19.8. The predicted octanol–water partition coefficient (Wildman–Crippen LogP) is 3.15. The van der Waals surface area contributed by atoms with Crippen LogP contribution in [0.2, 0.25) is 0 Å². The van der Waals surface area contributed by atoms with E-state index >= 15 is 0 Å². The van der Waals surface area contributed by atoms with E-state index in [2.05, 4.69) is 10.6 Å². The van der Waals surface area contributed by atoms with E-state index in [1.54, 1.807) is 24.3 Å². The van der Waals surface area contributed by atoms with Gasteiger partial charge in [-0.2, -0.15) is 0 Å². The Balaban J connectivity index is 1.42. The number of anilines is 1. The van der Waals surface area contributed by atoms with Crippen molar-refractivity contribution in [3.05, 3.63) is 90.0 Å². The highest BCUT2D eigenvalue weighted by Gasteiger charge is 2.30. The smallest absolute Gasteiger partial charge is 0.255 e. The molecule has 1 aliphatic rings. The van der Waals surface area contributed by atoms with Gasteiger partial charge in [-0.1, -0.05) is 54.6 Å². The molecule has 0 unspecified atom stereocenters. The summed E-state index contributed by atoms with van der Waals surface area (Å²) in [5, 5.41) is 15.1. The Morgan fingerprint density at radius 1 is 0.967 bits per heavy atom. The highest BCUT2D eigenvalue weighted by Crippen LogP contribution is 2.26.